The molecule has 1 atom stereocenters. The SMILES string of the molecule is CCCCCOCCCCCCCCCCCCOCC(CO)OC. The van der Waals surface area contributed by atoms with E-state index in [-0.39, 0.29) is 12.7 Å². The fraction of sp³-hybridized carbons (Fsp3) is 1.00. The summed E-state index contributed by atoms with van der Waals surface area (Å²) in [5, 5.41) is 8.96. The minimum Gasteiger partial charge on any atom is -0.394 e. The van der Waals surface area contributed by atoms with E-state index in [0.29, 0.717) is 6.61 Å². The highest BCUT2D eigenvalue weighted by Crippen LogP contribution is 2.11. The topological polar surface area (TPSA) is 47.9 Å². The van der Waals surface area contributed by atoms with Gasteiger partial charge in [-0.05, 0) is 19.3 Å². The average Bonchev–Trinajstić information content (AvgIpc) is 2.64. The maximum absolute atomic E-state index is 8.96. The van der Waals surface area contributed by atoms with Gasteiger partial charge in [0.15, 0.2) is 0 Å². The molecule has 0 bridgehead atoms. The van der Waals surface area contributed by atoms with Crippen molar-refractivity contribution in [2.75, 3.05) is 40.1 Å². The minimum absolute atomic E-state index is 0.0302. The lowest BCUT2D eigenvalue weighted by atomic mass is 10.1. The van der Waals surface area contributed by atoms with Gasteiger partial charge in [0.2, 0.25) is 0 Å². The van der Waals surface area contributed by atoms with Gasteiger partial charge in [0.25, 0.3) is 0 Å². The van der Waals surface area contributed by atoms with Crippen molar-refractivity contribution < 1.29 is 19.3 Å². The summed E-state index contributed by atoms with van der Waals surface area (Å²) in [5.74, 6) is 0. The van der Waals surface area contributed by atoms with Gasteiger partial charge < -0.3 is 19.3 Å². The third-order valence-corrected chi connectivity index (χ3v) is 4.56. The molecule has 0 aromatic heterocycles. The molecule has 0 rings (SSSR count). The van der Waals surface area contributed by atoms with Crippen LogP contribution in [0.4, 0.5) is 0 Å². The van der Waals surface area contributed by atoms with E-state index in [2.05, 4.69) is 6.92 Å². The number of ether oxygens (including phenoxy) is 3. The van der Waals surface area contributed by atoms with E-state index in [4.69, 9.17) is 19.3 Å². The van der Waals surface area contributed by atoms with Crippen LogP contribution in [0, 0.1) is 0 Å². The zero-order valence-corrected chi connectivity index (χ0v) is 17.0. The Kier molecular flexibility index (Phi) is 21.7. The van der Waals surface area contributed by atoms with Crippen LogP contribution in [0.2, 0.25) is 0 Å². The Balaban J connectivity index is 3.03. The summed E-state index contributed by atoms with van der Waals surface area (Å²) < 4.78 is 16.2. The second-order valence-electron chi connectivity index (χ2n) is 6.97. The minimum atomic E-state index is -0.173. The number of aliphatic hydroxyl groups excluding tert-OH is 1. The number of hydrogen-bond acceptors (Lipinski definition) is 4. The van der Waals surface area contributed by atoms with Crippen LogP contribution in [-0.4, -0.2) is 51.4 Å². The lowest BCUT2D eigenvalue weighted by Crippen LogP contribution is -2.22. The van der Waals surface area contributed by atoms with E-state index < -0.39 is 0 Å². The molecule has 0 aromatic carbocycles. The molecule has 4 heteroatoms. The summed E-state index contributed by atoms with van der Waals surface area (Å²) in [4.78, 5) is 0. The number of unbranched alkanes of at least 4 members (excludes halogenated alkanes) is 11. The molecule has 152 valence electrons. The molecule has 0 amide bonds. The number of methoxy groups -OCH3 is 1. The van der Waals surface area contributed by atoms with Crippen molar-refractivity contribution in [3.63, 3.8) is 0 Å². The lowest BCUT2D eigenvalue weighted by molar-refractivity contribution is -0.0205. The van der Waals surface area contributed by atoms with Gasteiger partial charge in [-0.25, -0.2) is 0 Å². The van der Waals surface area contributed by atoms with Crippen LogP contribution < -0.4 is 0 Å². The monoisotopic (exact) mass is 360 g/mol. The molecule has 0 spiro atoms. The Labute approximate surface area is 156 Å². The Hall–Kier alpha value is -0.160. The molecule has 0 aliphatic rings. The Morgan fingerprint density at radius 1 is 0.640 bits per heavy atom. The first-order chi connectivity index (χ1) is 12.3. The van der Waals surface area contributed by atoms with Crippen molar-refractivity contribution in [1.29, 1.82) is 0 Å². The molecule has 0 aliphatic carbocycles. The second-order valence-corrected chi connectivity index (χ2v) is 6.97. The van der Waals surface area contributed by atoms with Crippen LogP contribution in [0.1, 0.15) is 90.4 Å². The van der Waals surface area contributed by atoms with Crippen LogP contribution in [0.25, 0.3) is 0 Å². The summed E-state index contributed by atoms with van der Waals surface area (Å²) in [6.45, 7) is 5.44. The first-order valence-electron chi connectivity index (χ1n) is 10.6. The van der Waals surface area contributed by atoms with Crippen LogP contribution in [0.3, 0.4) is 0 Å². The molecule has 1 unspecified atom stereocenters. The Morgan fingerprint density at radius 2 is 1.08 bits per heavy atom. The van der Waals surface area contributed by atoms with Crippen molar-refractivity contribution in [1.82, 2.24) is 0 Å². The zero-order chi connectivity index (χ0) is 18.4. The molecule has 0 fully saturated rings. The van der Waals surface area contributed by atoms with Gasteiger partial charge >= 0.3 is 0 Å². The average molecular weight is 361 g/mol. The highest BCUT2D eigenvalue weighted by Gasteiger charge is 2.04. The smallest absolute Gasteiger partial charge is 0.103 e. The summed E-state index contributed by atoms with van der Waals surface area (Å²) in [5.41, 5.74) is 0. The largest absolute Gasteiger partial charge is 0.394 e. The van der Waals surface area contributed by atoms with E-state index in [1.165, 1.54) is 77.0 Å². The van der Waals surface area contributed by atoms with Crippen molar-refractivity contribution in [2.45, 2.75) is 96.5 Å². The predicted molar refractivity (Wildman–Crippen MR) is 105 cm³/mol. The molecular formula is C21H44O4. The maximum Gasteiger partial charge on any atom is 0.103 e. The summed E-state index contributed by atoms with van der Waals surface area (Å²) in [7, 11) is 1.60. The highest BCUT2D eigenvalue weighted by molar-refractivity contribution is 4.52. The molecular weight excluding hydrogens is 316 g/mol. The van der Waals surface area contributed by atoms with E-state index in [1.807, 2.05) is 0 Å². The Bertz CT molecular complexity index is 232. The molecule has 0 heterocycles. The van der Waals surface area contributed by atoms with Crippen molar-refractivity contribution in [3.05, 3.63) is 0 Å². The van der Waals surface area contributed by atoms with E-state index in [9.17, 15) is 0 Å². The van der Waals surface area contributed by atoms with Crippen LogP contribution in [-0.2, 0) is 14.2 Å². The van der Waals surface area contributed by atoms with Crippen LogP contribution in [0.15, 0.2) is 0 Å². The van der Waals surface area contributed by atoms with Crippen molar-refractivity contribution in [3.8, 4) is 0 Å². The molecule has 1 N–H and O–H groups in total. The standard InChI is InChI=1S/C21H44O4/c1-3-4-13-16-24-17-14-11-9-7-5-6-8-10-12-15-18-25-20-21(19-22)23-2/h21-22H,3-20H2,1-2H3. The van der Waals surface area contributed by atoms with Crippen molar-refractivity contribution >= 4 is 0 Å². The molecule has 0 saturated carbocycles. The van der Waals surface area contributed by atoms with E-state index in [1.54, 1.807) is 7.11 Å². The van der Waals surface area contributed by atoms with Gasteiger partial charge in [0.1, 0.15) is 6.10 Å². The summed E-state index contributed by atoms with van der Waals surface area (Å²) in [6.07, 6.45) is 16.6. The Morgan fingerprint density at radius 3 is 1.52 bits per heavy atom. The summed E-state index contributed by atoms with van der Waals surface area (Å²) in [6, 6.07) is 0. The highest BCUT2D eigenvalue weighted by atomic mass is 16.5. The molecule has 0 saturated heterocycles. The van der Waals surface area contributed by atoms with E-state index in [0.717, 1.165) is 26.2 Å². The van der Waals surface area contributed by atoms with E-state index >= 15 is 0 Å². The molecule has 0 radical (unpaired) electrons. The molecule has 25 heavy (non-hydrogen) atoms. The van der Waals surface area contributed by atoms with Gasteiger partial charge in [0, 0.05) is 26.9 Å². The molecule has 4 nitrogen and oxygen atoms in total. The van der Waals surface area contributed by atoms with Gasteiger partial charge in [-0.2, -0.15) is 0 Å². The fourth-order valence-corrected chi connectivity index (χ4v) is 2.79. The van der Waals surface area contributed by atoms with Gasteiger partial charge in [-0.15, -0.1) is 0 Å². The zero-order valence-electron chi connectivity index (χ0n) is 17.0. The number of hydrogen-bond donors (Lipinski definition) is 1. The van der Waals surface area contributed by atoms with Gasteiger partial charge in [-0.1, -0.05) is 71.1 Å². The first kappa shape index (κ1) is 24.8. The van der Waals surface area contributed by atoms with Crippen LogP contribution >= 0.6 is 0 Å². The fourth-order valence-electron chi connectivity index (χ4n) is 2.79. The van der Waals surface area contributed by atoms with Crippen molar-refractivity contribution in [2.24, 2.45) is 0 Å². The lowest BCUT2D eigenvalue weighted by Gasteiger charge is -2.12. The summed E-state index contributed by atoms with van der Waals surface area (Å²) >= 11 is 0. The predicted octanol–water partition coefficient (Wildman–Crippen LogP) is 5.12. The van der Waals surface area contributed by atoms with Gasteiger partial charge in [-0.3, -0.25) is 0 Å². The second kappa shape index (κ2) is 21.9. The quantitative estimate of drug-likeness (QED) is 0.289. The number of aliphatic hydroxyl groups is 1. The third kappa shape index (κ3) is 20.0. The maximum atomic E-state index is 8.96. The molecule has 0 aromatic rings. The third-order valence-electron chi connectivity index (χ3n) is 4.56. The molecule has 0 aliphatic heterocycles. The first-order valence-corrected chi connectivity index (χ1v) is 10.6. The number of rotatable bonds is 21. The normalized spacial score (nSPS) is 12.6. The van der Waals surface area contributed by atoms with Gasteiger partial charge in [0.05, 0.1) is 13.2 Å². The van der Waals surface area contributed by atoms with Crippen LogP contribution in [0.5, 0.6) is 0 Å².